The Balaban J connectivity index is 1.87. The van der Waals surface area contributed by atoms with E-state index in [0.29, 0.717) is 11.5 Å². The van der Waals surface area contributed by atoms with Gasteiger partial charge in [-0.3, -0.25) is 9.59 Å². The minimum absolute atomic E-state index is 0.0680. The first-order valence-corrected chi connectivity index (χ1v) is 10.9. The zero-order valence-corrected chi connectivity index (χ0v) is 17.0. The van der Waals surface area contributed by atoms with Gasteiger partial charge in [-0.05, 0) is 49.3 Å². The number of nitrogens with one attached hydrogen (secondary N) is 2. The molecule has 1 aliphatic carbocycles. The van der Waals surface area contributed by atoms with Gasteiger partial charge >= 0.3 is 0 Å². The van der Waals surface area contributed by atoms with E-state index in [1.54, 1.807) is 38.4 Å². The first kappa shape index (κ1) is 21.4. The van der Waals surface area contributed by atoms with Crippen LogP contribution in [0.25, 0.3) is 0 Å². The number of hydrogen-bond acceptors (Lipinski definition) is 4. The maximum atomic E-state index is 12.3. The van der Waals surface area contributed by atoms with Crippen LogP contribution in [0.2, 0.25) is 0 Å². The average molecular weight is 396 g/mol. The molecule has 150 valence electrons. The first-order chi connectivity index (χ1) is 12.7. The summed E-state index contributed by atoms with van der Waals surface area (Å²) in [5, 5.41) is 2.54. The predicted octanol–water partition coefficient (Wildman–Crippen LogP) is 1.50. The van der Waals surface area contributed by atoms with Crippen LogP contribution in [-0.4, -0.2) is 51.0 Å². The van der Waals surface area contributed by atoms with Crippen molar-refractivity contribution in [2.45, 2.75) is 45.2 Å². The Morgan fingerprint density at radius 2 is 1.70 bits per heavy atom. The number of benzene rings is 1. The van der Waals surface area contributed by atoms with Crippen molar-refractivity contribution in [3.8, 4) is 0 Å². The van der Waals surface area contributed by atoms with Crippen molar-refractivity contribution in [3.63, 3.8) is 0 Å². The molecule has 1 fully saturated rings. The molecule has 7 nitrogen and oxygen atoms in total. The molecular formula is C19H29N3O4S. The van der Waals surface area contributed by atoms with Gasteiger partial charge in [0.15, 0.2) is 0 Å². The maximum Gasteiger partial charge on any atom is 0.251 e. The molecule has 0 aromatic heterocycles. The van der Waals surface area contributed by atoms with Crippen molar-refractivity contribution in [1.82, 2.24) is 14.9 Å². The Morgan fingerprint density at radius 1 is 1.11 bits per heavy atom. The number of carbonyl (C=O) groups is 2. The quantitative estimate of drug-likeness (QED) is 0.731. The molecule has 27 heavy (non-hydrogen) atoms. The van der Waals surface area contributed by atoms with Gasteiger partial charge in [-0.25, -0.2) is 13.1 Å². The Hall–Kier alpha value is -1.93. The lowest BCUT2D eigenvalue weighted by Crippen LogP contribution is -2.42. The Morgan fingerprint density at radius 3 is 2.26 bits per heavy atom. The summed E-state index contributed by atoms with van der Waals surface area (Å²) in [6.07, 6.45) is 3.66. The summed E-state index contributed by atoms with van der Waals surface area (Å²) in [6, 6.07) is 6.79. The van der Waals surface area contributed by atoms with Crippen molar-refractivity contribution >= 4 is 21.8 Å². The summed E-state index contributed by atoms with van der Waals surface area (Å²) in [5.74, 6) is -0.554. The van der Waals surface area contributed by atoms with Gasteiger partial charge in [-0.2, -0.15) is 0 Å². The molecule has 1 aliphatic rings. The normalized spacial score (nSPS) is 20.1. The van der Waals surface area contributed by atoms with E-state index in [-0.39, 0.29) is 18.5 Å². The highest BCUT2D eigenvalue weighted by atomic mass is 32.2. The molecule has 0 aliphatic heterocycles. The number of rotatable bonds is 7. The second-order valence-corrected chi connectivity index (χ2v) is 9.11. The standard InChI is InChI=1S/C19H29N3O4S/c1-14-4-10-17(11-5-14)21-27(25,26)13-18(23)22(3)12-15-6-8-16(9-7-15)19(24)20-2/h6-9,14,17,21H,4-5,10-13H2,1-3H3,(H,20,24). The first-order valence-electron chi connectivity index (χ1n) is 9.25. The van der Waals surface area contributed by atoms with Crippen molar-refractivity contribution in [2.24, 2.45) is 5.92 Å². The van der Waals surface area contributed by atoms with Crippen LogP contribution in [0.15, 0.2) is 24.3 Å². The molecule has 2 amide bonds. The van der Waals surface area contributed by atoms with E-state index in [2.05, 4.69) is 17.0 Å². The highest BCUT2D eigenvalue weighted by Gasteiger charge is 2.25. The van der Waals surface area contributed by atoms with Gasteiger partial charge in [-0.1, -0.05) is 19.1 Å². The van der Waals surface area contributed by atoms with Crippen LogP contribution >= 0.6 is 0 Å². The molecule has 0 atom stereocenters. The predicted molar refractivity (Wildman–Crippen MR) is 105 cm³/mol. The fraction of sp³-hybridized carbons (Fsp3) is 0.579. The second kappa shape index (κ2) is 9.32. The van der Waals surface area contributed by atoms with Crippen molar-refractivity contribution in [1.29, 1.82) is 0 Å². The third-order valence-corrected chi connectivity index (χ3v) is 6.28. The topological polar surface area (TPSA) is 95.6 Å². The molecule has 0 bridgehead atoms. The van der Waals surface area contributed by atoms with Gasteiger partial charge in [0.1, 0.15) is 5.75 Å². The Bertz CT molecular complexity index is 754. The van der Waals surface area contributed by atoms with Gasteiger partial charge in [0.25, 0.3) is 5.91 Å². The van der Waals surface area contributed by atoms with Crippen LogP contribution in [0.3, 0.4) is 0 Å². The van der Waals surface area contributed by atoms with E-state index in [1.807, 2.05) is 0 Å². The molecule has 1 aromatic rings. The molecule has 2 rings (SSSR count). The van der Waals surface area contributed by atoms with Crippen LogP contribution < -0.4 is 10.0 Å². The molecule has 0 spiro atoms. The number of nitrogens with zero attached hydrogens (tertiary/aromatic N) is 1. The molecule has 0 radical (unpaired) electrons. The summed E-state index contributed by atoms with van der Waals surface area (Å²) in [6.45, 7) is 2.45. The SMILES string of the molecule is CNC(=O)c1ccc(CN(C)C(=O)CS(=O)(=O)NC2CCC(C)CC2)cc1. The lowest BCUT2D eigenvalue weighted by molar-refractivity contribution is -0.127. The molecular weight excluding hydrogens is 366 g/mol. The monoisotopic (exact) mass is 395 g/mol. The van der Waals surface area contributed by atoms with Gasteiger partial charge in [-0.15, -0.1) is 0 Å². The zero-order chi connectivity index (χ0) is 20.0. The van der Waals surface area contributed by atoms with E-state index >= 15 is 0 Å². The fourth-order valence-electron chi connectivity index (χ4n) is 3.21. The van der Waals surface area contributed by atoms with Gasteiger partial charge in [0.2, 0.25) is 15.9 Å². The average Bonchev–Trinajstić information content (AvgIpc) is 2.63. The summed E-state index contributed by atoms with van der Waals surface area (Å²) in [4.78, 5) is 25.3. The second-order valence-electron chi connectivity index (χ2n) is 7.36. The van der Waals surface area contributed by atoms with Crippen molar-refractivity contribution in [2.75, 3.05) is 19.8 Å². The number of sulfonamides is 1. The third-order valence-electron chi connectivity index (χ3n) is 4.96. The largest absolute Gasteiger partial charge is 0.355 e. The number of hydrogen-bond donors (Lipinski definition) is 2. The molecule has 1 aromatic carbocycles. The van der Waals surface area contributed by atoms with E-state index < -0.39 is 21.7 Å². The Kier molecular flexibility index (Phi) is 7.38. The van der Waals surface area contributed by atoms with Crippen LogP contribution in [0.1, 0.15) is 48.5 Å². The molecule has 0 saturated heterocycles. The van der Waals surface area contributed by atoms with E-state index in [9.17, 15) is 18.0 Å². The van der Waals surface area contributed by atoms with Crippen molar-refractivity contribution in [3.05, 3.63) is 35.4 Å². The number of amides is 2. The van der Waals surface area contributed by atoms with E-state index in [1.165, 1.54) is 4.90 Å². The summed E-state index contributed by atoms with van der Waals surface area (Å²) >= 11 is 0. The van der Waals surface area contributed by atoms with Gasteiger partial charge < -0.3 is 10.2 Å². The molecule has 8 heteroatoms. The van der Waals surface area contributed by atoms with Crippen LogP contribution in [-0.2, 0) is 21.4 Å². The summed E-state index contributed by atoms with van der Waals surface area (Å²) in [7, 11) is -0.514. The summed E-state index contributed by atoms with van der Waals surface area (Å²) in [5.41, 5.74) is 1.36. The van der Waals surface area contributed by atoms with Gasteiger partial charge in [0.05, 0.1) is 0 Å². The van der Waals surface area contributed by atoms with Crippen LogP contribution in [0, 0.1) is 5.92 Å². The van der Waals surface area contributed by atoms with E-state index in [0.717, 1.165) is 31.2 Å². The third kappa shape index (κ3) is 6.62. The number of carbonyl (C=O) groups excluding carboxylic acids is 2. The van der Waals surface area contributed by atoms with Crippen LogP contribution in [0.5, 0.6) is 0 Å². The highest BCUT2D eigenvalue weighted by molar-refractivity contribution is 7.90. The lowest BCUT2D eigenvalue weighted by atomic mass is 9.88. The molecule has 0 unspecified atom stereocenters. The maximum absolute atomic E-state index is 12.3. The molecule has 2 N–H and O–H groups in total. The minimum Gasteiger partial charge on any atom is -0.355 e. The lowest BCUT2D eigenvalue weighted by Gasteiger charge is -2.27. The highest BCUT2D eigenvalue weighted by Crippen LogP contribution is 2.23. The smallest absolute Gasteiger partial charge is 0.251 e. The zero-order valence-electron chi connectivity index (χ0n) is 16.2. The van der Waals surface area contributed by atoms with E-state index in [4.69, 9.17) is 0 Å². The van der Waals surface area contributed by atoms with Gasteiger partial charge in [0, 0.05) is 32.2 Å². The summed E-state index contributed by atoms with van der Waals surface area (Å²) < 4.78 is 27.3. The fourth-order valence-corrected chi connectivity index (χ4v) is 4.59. The van der Waals surface area contributed by atoms with Crippen LogP contribution in [0.4, 0.5) is 0 Å². The molecule has 0 heterocycles. The minimum atomic E-state index is -3.65. The van der Waals surface area contributed by atoms with Crippen molar-refractivity contribution < 1.29 is 18.0 Å². The molecule has 1 saturated carbocycles. The Labute approximate surface area is 161 Å².